The summed E-state index contributed by atoms with van der Waals surface area (Å²) in [6.45, 7) is 4.22. The Balaban J connectivity index is 2.39. The number of nitrogens with zero attached hydrogens (tertiary/aromatic N) is 1. The second-order valence-corrected chi connectivity index (χ2v) is 4.14. The van der Waals surface area contributed by atoms with Gasteiger partial charge in [0.15, 0.2) is 0 Å². The second-order valence-electron chi connectivity index (χ2n) is 4.14. The van der Waals surface area contributed by atoms with Crippen molar-refractivity contribution in [3.63, 3.8) is 0 Å². The van der Waals surface area contributed by atoms with Crippen molar-refractivity contribution >= 4 is 5.97 Å². The third-order valence-corrected chi connectivity index (χ3v) is 2.66. The maximum absolute atomic E-state index is 11.2. The zero-order valence-corrected chi connectivity index (χ0v) is 10.8. The predicted molar refractivity (Wildman–Crippen MR) is 69.4 cm³/mol. The van der Waals surface area contributed by atoms with E-state index >= 15 is 0 Å². The highest BCUT2D eigenvalue weighted by Crippen LogP contribution is 2.28. The Hall–Kier alpha value is -2.30. The van der Waals surface area contributed by atoms with Gasteiger partial charge in [0, 0.05) is 5.56 Å². The fraction of sp³-hybridized carbons (Fsp3) is 0.286. The Morgan fingerprint density at radius 1 is 1.47 bits per heavy atom. The molecular formula is C14H15NO4. The lowest BCUT2D eigenvalue weighted by atomic mass is 10.1. The highest BCUT2D eigenvalue weighted by atomic mass is 16.5. The highest BCUT2D eigenvalue weighted by molar-refractivity contribution is 5.95. The van der Waals surface area contributed by atoms with E-state index in [2.05, 4.69) is 5.16 Å². The minimum Gasteiger partial charge on any atom is -0.494 e. The van der Waals surface area contributed by atoms with Crippen LogP contribution in [0.25, 0.3) is 11.3 Å². The van der Waals surface area contributed by atoms with Crippen molar-refractivity contribution in [2.24, 2.45) is 0 Å². The van der Waals surface area contributed by atoms with Gasteiger partial charge in [-0.05, 0) is 25.5 Å². The van der Waals surface area contributed by atoms with E-state index in [0.29, 0.717) is 29.4 Å². The fourth-order valence-corrected chi connectivity index (χ4v) is 1.77. The summed E-state index contributed by atoms with van der Waals surface area (Å²) >= 11 is 0. The third-order valence-electron chi connectivity index (χ3n) is 2.66. The number of ether oxygens (including phenoxy) is 1. The molecular weight excluding hydrogens is 246 g/mol. The monoisotopic (exact) mass is 261 g/mol. The molecule has 1 aromatic heterocycles. The number of carbonyl (C=O) groups is 1. The molecule has 0 radical (unpaired) electrons. The summed E-state index contributed by atoms with van der Waals surface area (Å²) < 4.78 is 10.5. The third kappa shape index (κ3) is 2.76. The number of hydrogen-bond donors (Lipinski definition) is 1. The highest BCUT2D eigenvalue weighted by Gasteiger charge is 2.20. The van der Waals surface area contributed by atoms with Crippen LogP contribution in [0.5, 0.6) is 5.75 Å². The Morgan fingerprint density at radius 3 is 2.95 bits per heavy atom. The summed E-state index contributed by atoms with van der Waals surface area (Å²) in [4.78, 5) is 11.2. The van der Waals surface area contributed by atoms with E-state index < -0.39 is 5.97 Å². The molecule has 100 valence electrons. The molecule has 19 heavy (non-hydrogen) atoms. The van der Waals surface area contributed by atoms with Crippen molar-refractivity contribution in [3.8, 4) is 17.0 Å². The van der Waals surface area contributed by atoms with Crippen LogP contribution in [0.3, 0.4) is 0 Å². The first kappa shape index (κ1) is 13.1. The summed E-state index contributed by atoms with van der Waals surface area (Å²) in [7, 11) is 0. The average molecular weight is 261 g/mol. The molecule has 1 aromatic carbocycles. The van der Waals surface area contributed by atoms with Gasteiger partial charge in [-0.15, -0.1) is 0 Å². The Morgan fingerprint density at radius 2 is 2.26 bits per heavy atom. The normalized spacial score (nSPS) is 10.4. The topological polar surface area (TPSA) is 72.6 Å². The zero-order valence-electron chi connectivity index (χ0n) is 10.8. The fourth-order valence-electron chi connectivity index (χ4n) is 1.77. The van der Waals surface area contributed by atoms with E-state index in [9.17, 15) is 9.90 Å². The zero-order chi connectivity index (χ0) is 13.8. The molecule has 0 fully saturated rings. The first-order chi connectivity index (χ1) is 9.13. The van der Waals surface area contributed by atoms with Crippen molar-refractivity contribution in [3.05, 3.63) is 35.6 Å². The van der Waals surface area contributed by atoms with Crippen LogP contribution in [0.15, 0.2) is 28.8 Å². The van der Waals surface area contributed by atoms with E-state index in [1.165, 1.54) is 0 Å². The summed E-state index contributed by atoms with van der Waals surface area (Å²) in [5, 5.41) is 13.0. The minimum atomic E-state index is -1.05. The molecule has 2 aromatic rings. The van der Waals surface area contributed by atoms with Crippen molar-refractivity contribution in [1.82, 2.24) is 5.16 Å². The molecule has 0 unspecified atom stereocenters. The van der Waals surface area contributed by atoms with Gasteiger partial charge in [-0.25, -0.2) is 4.79 Å². The summed E-state index contributed by atoms with van der Waals surface area (Å²) in [5.41, 5.74) is 1.09. The van der Waals surface area contributed by atoms with E-state index in [1.807, 2.05) is 13.0 Å². The molecule has 1 heterocycles. The van der Waals surface area contributed by atoms with Gasteiger partial charge < -0.3 is 14.4 Å². The van der Waals surface area contributed by atoms with Gasteiger partial charge in [-0.3, -0.25) is 0 Å². The number of carboxylic acids is 1. The molecule has 0 saturated heterocycles. The summed E-state index contributed by atoms with van der Waals surface area (Å²) in [6.07, 6.45) is 0.910. The van der Waals surface area contributed by atoms with Gasteiger partial charge in [0.1, 0.15) is 22.8 Å². The van der Waals surface area contributed by atoms with Crippen LogP contribution in [-0.2, 0) is 0 Å². The average Bonchev–Trinajstić information content (AvgIpc) is 2.79. The first-order valence-electron chi connectivity index (χ1n) is 6.06. The SMILES string of the molecule is CCCOc1cccc(-c2noc(C)c2C(=O)O)c1. The van der Waals surface area contributed by atoms with Gasteiger partial charge in [-0.2, -0.15) is 0 Å². The van der Waals surface area contributed by atoms with E-state index in [-0.39, 0.29) is 5.56 Å². The molecule has 0 atom stereocenters. The second kappa shape index (κ2) is 5.56. The van der Waals surface area contributed by atoms with Gasteiger partial charge in [0.05, 0.1) is 6.61 Å². The number of carboxylic acid groups (broad SMARTS) is 1. The standard InChI is InChI=1S/C14H15NO4/c1-3-7-18-11-6-4-5-10(8-11)13-12(14(16)17)9(2)19-15-13/h4-6,8H,3,7H2,1-2H3,(H,16,17). The van der Waals surface area contributed by atoms with Crippen LogP contribution in [0, 0.1) is 6.92 Å². The number of aryl methyl sites for hydroxylation is 1. The van der Waals surface area contributed by atoms with Gasteiger partial charge in [-0.1, -0.05) is 24.2 Å². The Bertz CT molecular complexity index is 589. The maximum Gasteiger partial charge on any atom is 0.341 e. The van der Waals surface area contributed by atoms with E-state index in [4.69, 9.17) is 9.26 Å². The lowest BCUT2D eigenvalue weighted by molar-refractivity contribution is 0.0695. The van der Waals surface area contributed by atoms with Crippen molar-refractivity contribution < 1.29 is 19.2 Å². The number of hydrogen-bond acceptors (Lipinski definition) is 4. The van der Waals surface area contributed by atoms with Crippen molar-refractivity contribution in [1.29, 1.82) is 0 Å². The summed E-state index contributed by atoms with van der Waals surface area (Å²) in [6, 6.07) is 7.17. The van der Waals surface area contributed by atoms with E-state index in [1.54, 1.807) is 25.1 Å². The van der Waals surface area contributed by atoms with Gasteiger partial charge in [0.25, 0.3) is 0 Å². The van der Waals surface area contributed by atoms with Crippen LogP contribution in [0.1, 0.15) is 29.5 Å². The molecule has 0 bridgehead atoms. The molecule has 1 N–H and O–H groups in total. The molecule has 2 rings (SSSR count). The van der Waals surface area contributed by atoms with Crippen molar-refractivity contribution in [2.45, 2.75) is 20.3 Å². The number of aromatic nitrogens is 1. The predicted octanol–water partition coefficient (Wildman–Crippen LogP) is 3.14. The molecule has 0 aliphatic rings. The quantitative estimate of drug-likeness (QED) is 0.895. The minimum absolute atomic E-state index is 0.0904. The molecule has 5 nitrogen and oxygen atoms in total. The first-order valence-corrected chi connectivity index (χ1v) is 6.06. The molecule has 0 amide bonds. The van der Waals surface area contributed by atoms with Crippen molar-refractivity contribution in [2.75, 3.05) is 6.61 Å². The maximum atomic E-state index is 11.2. The van der Waals surface area contributed by atoms with Gasteiger partial charge >= 0.3 is 5.97 Å². The summed E-state index contributed by atoms with van der Waals surface area (Å²) in [5.74, 6) is -0.0626. The lowest BCUT2D eigenvalue weighted by Crippen LogP contribution is -2.00. The number of rotatable bonds is 5. The van der Waals surface area contributed by atoms with Gasteiger partial charge in [0.2, 0.25) is 0 Å². The molecule has 0 spiro atoms. The smallest absolute Gasteiger partial charge is 0.341 e. The largest absolute Gasteiger partial charge is 0.494 e. The van der Waals surface area contributed by atoms with Crippen LogP contribution < -0.4 is 4.74 Å². The molecule has 5 heteroatoms. The molecule has 0 aliphatic heterocycles. The van der Waals surface area contributed by atoms with Crippen LogP contribution in [0.2, 0.25) is 0 Å². The lowest BCUT2D eigenvalue weighted by Gasteiger charge is -2.05. The van der Waals surface area contributed by atoms with E-state index in [0.717, 1.165) is 6.42 Å². The number of aromatic carboxylic acids is 1. The number of benzene rings is 1. The molecule has 0 aliphatic carbocycles. The van der Waals surface area contributed by atoms with Crippen LogP contribution >= 0.6 is 0 Å². The Kier molecular flexibility index (Phi) is 3.85. The van der Waals surface area contributed by atoms with Crippen LogP contribution in [0.4, 0.5) is 0 Å². The Labute approximate surface area is 110 Å². The molecule has 0 saturated carbocycles. The van der Waals surface area contributed by atoms with Crippen LogP contribution in [-0.4, -0.2) is 22.8 Å².